The standard InChI is InChI=1S/C20H17ClN4O6/c21-15-7-3-13(4-8-15)19(27)22-11-1-2-18(26)30-12-17-23-24-20(31-17)14-5-9-16(10-6-14)25(28)29/h3-10H,1-2,11-12H2,(H,22,27). The lowest BCUT2D eigenvalue weighted by Crippen LogP contribution is -2.24. The van der Waals surface area contributed by atoms with Gasteiger partial charge in [-0.2, -0.15) is 0 Å². The summed E-state index contributed by atoms with van der Waals surface area (Å²) in [7, 11) is 0. The van der Waals surface area contributed by atoms with Crippen molar-refractivity contribution in [3.63, 3.8) is 0 Å². The van der Waals surface area contributed by atoms with Crippen molar-refractivity contribution in [2.45, 2.75) is 19.4 Å². The Kier molecular flexibility index (Phi) is 7.28. The molecule has 0 fully saturated rings. The first-order chi connectivity index (χ1) is 14.9. The maximum absolute atomic E-state index is 12.0. The second-order valence-electron chi connectivity index (χ2n) is 6.33. The van der Waals surface area contributed by atoms with E-state index in [0.717, 1.165) is 0 Å². The van der Waals surface area contributed by atoms with Crippen molar-refractivity contribution < 1.29 is 23.7 Å². The molecule has 2 aromatic carbocycles. The summed E-state index contributed by atoms with van der Waals surface area (Å²) in [4.78, 5) is 34.0. The summed E-state index contributed by atoms with van der Waals surface area (Å²) in [6, 6.07) is 12.1. The Balaban J connectivity index is 1.38. The molecule has 0 radical (unpaired) electrons. The highest BCUT2D eigenvalue weighted by Crippen LogP contribution is 2.21. The molecule has 0 spiro atoms. The number of halogens is 1. The number of carbonyl (C=O) groups excluding carboxylic acids is 2. The normalized spacial score (nSPS) is 10.5. The van der Waals surface area contributed by atoms with Crippen molar-refractivity contribution >= 4 is 29.2 Å². The van der Waals surface area contributed by atoms with Crippen molar-refractivity contribution in [1.82, 2.24) is 15.5 Å². The maximum atomic E-state index is 12.0. The molecule has 1 N–H and O–H groups in total. The lowest BCUT2D eigenvalue weighted by Gasteiger charge is -2.05. The monoisotopic (exact) mass is 444 g/mol. The predicted molar refractivity (Wildman–Crippen MR) is 109 cm³/mol. The van der Waals surface area contributed by atoms with Gasteiger partial charge in [-0.15, -0.1) is 10.2 Å². The van der Waals surface area contributed by atoms with Gasteiger partial charge in [0.1, 0.15) is 0 Å². The first kappa shape index (κ1) is 21.9. The molecule has 11 heteroatoms. The van der Waals surface area contributed by atoms with Crippen LogP contribution in [0.5, 0.6) is 0 Å². The molecule has 160 valence electrons. The first-order valence-electron chi connectivity index (χ1n) is 9.19. The third kappa shape index (κ3) is 6.34. The van der Waals surface area contributed by atoms with E-state index in [-0.39, 0.29) is 36.4 Å². The summed E-state index contributed by atoms with van der Waals surface area (Å²) in [5.74, 6) is -0.478. The number of nitrogens with one attached hydrogen (secondary N) is 1. The Morgan fingerprint density at radius 2 is 1.81 bits per heavy atom. The zero-order valence-corrected chi connectivity index (χ0v) is 16.9. The number of carbonyl (C=O) groups is 2. The fourth-order valence-corrected chi connectivity index (χ4v) is 2.63. The molecule has 3 rings (SSSR count). The lowest BCUT2D eigenvalue weighted by atomic mass is 10.2. The molecule has 0 aliphatic rings. The highest BCUT2D eigenvalue weighted by molar-refractivity contribution is 6.30. The second kappa shape index (κ2) is 10.3. The molecule has 3 aromatic rings. The van der Waals surface area contributed by atoms with E-state index in [1.54, 1.807) is 24.3 Å². The van der Waals surface area contributed by atoms with Crippen LogP contribution < -0.4 is 5.32 Å². The summed E-state index contributed by atoms with van der Waals surface area (Å²) in [6.45, 7) is 0.108. The number of nitro benzene ring substituents is 1. The van der Waals surface area contributed by atoms with Crippen LogP contribution in [0, 0.1) is 10.1 Å². The van der Waals surface area contributed by atoms with Gasteiger partial charge in [0.05, 0.1) is 4.92 Å². The van der Waals surface area contributed by atoms with Crippen LogP contribution in [-0.4, -0.2) is 33.5 Å². The Labute approximate surface area is 181 Å². The van der Waals surface area contributed by atoms with Gasteiger partial charge in [-0.1, -0.05) is 11.6 Å². The summed E-state index contributed by atoms with van der Waals surface area (Å²) in [5, 5.41) is 21.6. The second-order valence-corrected chi connectivity index (χ2v) is 6.77. The van der Waals surface area contributed by atoms with Gasteiger partial charge in [-0.05, 0) is 42.8 Å². The van der Waals surface area contributed by atoms with Crippen LogP contribution in [-0.2, 0) is 16.1 Å². The molecule has 1 amide bonds. The van der Waals surface area contributed by atoms with Crippen LogP contribution in [0.15, 0.2) is 52.9 Å². The van der Waals surface area contributed by atoms with Crippen LogP contribution >= 0.6 is 11.6 Å². The molecule has 0 aliphatic heterocycles. The number of aromatic nitrogens is 2. The number of nitrogens with zero attached hydrogens (tertiary/aromatic N) is 3. The average molecular weight is 445 g/mol. The number of benzene rings is 2. The first-order valence-corrected chi connectivity index (χ1v) is 9.57. The van der Waals surface area contributed by atoms with E-state index in [2.05, 4.69) is 15.5 Å². The van der Waals surface area contributed by atoms with Crippen LogP contribution in [0.4, 0.5) is 5.69 Å². The zero-order chi connectivity index (χ0) is 22.2. The summed E-state index contributed by atoms with van der Waals surface area (Å²) in [5.41, 5.74) is 0.932. The smallest absolute Gasteiger partial charge is 0.306 e. The number of rotatable bonds is 9. The van der Waals surface area contributed by atoms with Crippen molar-refractivity contribution in [3.05, 3.63) is 75.1 Å². The van der Waals surface area contributed by atoms with Gasteiger partial charge in [0, 0.05) is 41.2 Å². The third-order valence-electron chi connectivity index (χ3n) is 4.10. The van der Waals surface area contributed by atoms with Crippen molar-refractivity contribution in [3.8, 4) is 11.5 Å². The zero-order valence-electron chi connectivity index (χ0n) is 16.1. The van der Waals surface area contributed by atoms with Crippen molar-refractivity contribution in [2.75, 3.05) is 6.54 Å². The number of hydrogen-bond donors (Lipinski definition) is 1. The van der Waals surface area contributed by atoms with Crippen LogP contribution in [0.2, 0.25) is 5.02 Å². The molecule has 0 unspecified atom stereocenters. The van der Waals surface area contributed by atoms with Gasteiger partial charge >= 0.3 is 5.97 Å². The third-order valence-corrected chi connectivity index (χ3v) is 4.35. The van der Waals surface area contributed by atoms with Gasteiger partial charge in [-0.25, -0.2) is 0 Å². The molecule has 0 bridgehead atoms. The number of hydrogen-bond acceptors (Lipinski definition) is 8. The fourth-order valence-electron chi connectivity index (χ4n) is 2.51. The van der Waals surface area contributed by atoms with E-state index in [1.807, 2.05) is 0 Å². The Morgan fingerprint density at radius 1 is 1.10 bits per heavy atom. The molecule has 1 aromatic heterocycles. The molecule has 0 atom stereocenters. The highest BCUT2D eigenvalue weighted by atomic mass is 35.5. The lowest BCUT2D eigenvalue weighted by molar-refractivity contribution is -0.384. The van der Waals surface area contributed by atoms with E-state index in [1.165, 1.54) is 24.3 Å². The SMILES string of the molecule is O=C(CCCNC(=O)c1ccc(Cl)cc1)OCc1nnc(-c2ccc([N+](=O)[O-])cc2)o1. The van der Waals surface area contributed by atoms with Crippen molar-refractivity contribution in [2.24, 2.45) is 0 Å². The average Bonchev–Trinajstić information content (AvgIpc) is 3.25. The molecule has 10 nitrogen and oxygen atoms in total. The minimum atomic E-state index is -0.508. The molecular weight excluding hydrogens is 428 g/mol. The largest absolute Gasteiger partial charge is 0.456 e. The van der Waals surface area contributed by atoms with Gasteiger partial charge in [0.15, 0.2) is 6.61 Å². The van der Waals surface area contributed by atoms with Crippen molar-refractivity contribution in [1.29, 1.82) is 0 Å². The number of non-ortho nitro benzene ring substituents is 1. The van der Waals surface area contributed by atoms with E-state index < -0.39 is 10.9 Å². The number of nitro groups is 1. The maximum Gasteiger partial charge on any atom is 0.306 e. The number of esters is 1. The fraction of sp³-hybridized carbons (Fsp3) is 0.200. The van der Waals surface area contributed by atoms with E-state index in [4.69, 9.17) is 20.8 Å². The molecule has 31 heavy (non-hydrogen) atoms. The van der Waals surface area contributed by atoms with Gasteiger partial charge in [-0.3, -0.25) is 19.7 Å². The minimum absolute atomic E-state index is 0.0539. The predicted octanol–water partition coefficient (Wildman–Crippen LogP) is 3.55. The van der Waals surface area contributed by atoms with Crippen LogP contribution in [0.3, 0.4) is 0 Å². The van der Waals surface area contributed by atoms with E-state index in [9.17, 15) is 19.7 Å². The van der Waals surface area contributed by atoms with Gasteiger partial charge < -0.3 is 14.5 Å². The summed E-state index contributed by atoms with van der Waals surface area (Å²) < 4.78 is 10.5. The van der Waals surface area contributed by atoms with E-state index in [0.29, 0.717) is 29.1 Å². The number of ether oxygens (including phenoxy) is 1. The molecule has 0 saturated carbocycles. The summed E-state index contributed by atoms with van der Waals surface area (Å²) in [6.07, 6.45) is 0.500. The molecular formula is C20H17ClN4O6. The molecule has 1 heterocycles. The Hall–Kier alpha value is -3.79. The van der Waals surface area contributed by atoms with Gasteiger partial charge in [0.25, 0.3) is 17.5 Å². The number of amides is 1. The quantitative estimate of drug-likeness (QED) is 0.229. The van der Waals surface area contributed by atoms with Crippen LogP contribution in [0.25, 0.3) is 11.5 Å². The molecule has 0 aliphatic carbocycles. The van der Waals surface area contributed by atoms with Crippen LogP contribution in [0.1, 0.15) is 29.1 Å². The van der Waals surface area contributed by atoms with Gasteiger partial charge in [0.2, 0.25) is 5.89 Å². The Bertz CT molecular complexity index is 1070. The topological polar surface area (TPSA) is 137 Å². The molecule has 0 saturated heterocycles. The summed E-state index contributed by atoms with van der Waals surface area (Å²) >= 11 is 5.78. The highest BCUT2D eigenvalue weighted by Gasteiger charge is 2.13. The minimum Gasteiger partial charge on any atom is -0.456 e. The Morgan fingerprint density at radius 3 is 2.48 bits per heavy atom. The van der Waals surface area contributed by atoms with E-state index >= 15 is 0 Å².